The number of halogens is 5. The molecule has 1 heterocycles. The largest absolute Gasteiger partial charge is 0.400 e. The topological polar surface area (TPSA) is 49.6 Å². The zero-order chi connectivity index (χ0) is 21.9. The molecule has 1 aromatic rings. The molecule has 1 atom stereocenters. The average Bonchev–Trinajstić information content (AvgIpc) is 2.67. The quantitative estimate of drug-likeness (QED) is 0.692. The molecule has 2 fully saturated rings. The summed E-state index contributed by atoms with van der Waals surface area (Å²) in [6.45, 7) is 3.63. The van der Waals surface area contributed by atoms with Gasteiger partial charge in [0, 0.05) is 32.2 Å². The van der Waals surface area contributed by atoms with Gasteiger partial charge in [-0.3, -0.25) is 9.69 Å². The molecule has 9 heteroatoms. The van der Waals surface area contributed by atoms with Gasteiger partial charge in [0.2, 0.25) is 5.91 Å². The molecule has 1 aliphatic carbocycles. The highest BCUT2D eigenvalue weighted by molar-refractivity contribution is 5.77. The molecule has 0 bridgehead atoms. The Kier molecular flexibility index (Phi) is 7.21. The van der Waals surface area contributed by atoms with Gasteiger partial charge in [0.25, 0.3) is 0 Å². The number of piperazine rings is 1. The van der Waals surface area contributed by atoms with Gasteiger partial charge in [-0.15, -0.1) is 0 Å². The smallest absolute Gasteiger partial charge is 0.369 e. The van der Waals surface area contributed by atoms with Crippen LogP contribution in [0.1, 0.15) is 32.1 Å². The monoisotopic (exact) mass is 433 g/mol. The highest BCUT2D eigenvalue weighted by Gasteiger charge is 2.49. The van der Waals surface area contributed by atoms with Gasteiger partial charge < -0.3 is 10.6 Å². The Labute approximate surface area is 173 Å². The van der Waals surface area contributed by atoms with Gasteiger partial charge in [-0.2, -0.15) is 13.2 Å². The second-order valence-electron chi connectivity index (χ2n) is 8.42. The maximum atomic E-state index is 13.9. The molecule has 1 aromatic carbocycles. The Hall–Kier alpha value is -1.90. The Morgan fingerprint density at radius 1 is 1.07 bits per heavy atom. The fourth-order valence-electron chi connectivity index (χ4n) is 4.79. The third-order valence-corrected chi connectivity index (χ3v) is 6.50. The summed E-state index contributed by atoms with van der Waals surface area (Å²) >= 11 is 0. The van der Waals surface area contributed by atoms with Crippen LogP contribution in [0.15, 0.2) is 18.2 Å². The van der Waals surface area contributed by atoms with Crippen molar-refractivity contribution in [1.29, 1.82) is 0 Å². The SMILES string of the molecule is NC(=O)C(C1CCC(CCN2CCN(c3ccc(F)cc3F)CC2)CC1)C(F)(F)F. The van der Waals surface area contributed by atoms with E-state index in [1.807, 2.05) is 4.90 Å². The van der Waals surface area contributed by atoms with Crippen LogP contribution in [-0.4, -0.2) is 49.7 Å². The molecular weight excluding hydrogens is 405 g/mol. The van der Waals surface area contributed by atoms with Crippen molar-refractivity contribution in [2.45, 2.75) is 38.3 Å². The summed E-state index contributed by atoms with van der Waals surface area (Å²) in [7, 11) is 0. The first-order valence-corrected chi connectivity index (χ1v) is 10.4. The van der Waals surface area contributed by atoms with E-state index in [4.69, 9.17) is 5.73 Å². The summed E-state index contributed by atoms with van der Waals surface area (Å²) in [6, 6.07) is 3.60. The molecular formula is C21H28F5N3O. The number of benzene rings is 1. The van der Waals surface area contributed by atoms with E-state index >= 15 is 0 Å². The van der Waals surface area contributed by atoms with Gasteiger partial charge in [0.05, 0.1) is 5.69 Å². The lowest BCUT2D eigenvalue weighted by Crippen LogP contribution is -2.47. The minimum Gasteiger partial charge on any atom is -0.369 e. The second-order valence-corrected chi connectivity index (χ2v) is 8.42. The summed E-state index contributed by atoms with van der Waals surface area (Å²) in [5.41, 5.74) is 5.41. The van der Waals surface area contributed by atoms with Crippen molar-refractivity contribution in [2.24, 2.45) is 23.5 Å². The van der Waals surface area contributed by atoms with E-state index in [0.717, 1.165) is 32.1 Å². The molecule has 30 heavy (non-hydrogen) atoms. The predicted octanol–water partition coefficient (Wildman–Crippen LogP) is 3.95. The molecule has 3 rings (SSSR count). The number of hydrogen-bond donors (Lipinski definition) is 1. The molecule has 0 radical (unpaired) electrons. The fourth-order valence-corrected chi connectivity index (χ4v) is 4.79. The minimum absolute atomic E-state index is 0.343. The zero-order valence-corrected chi connectivity index (χ0v) is 16.8. The van der Waals surface area contributed by atoms with E-state index in [1.54, 1.807) is 0 Å². The molecule has 1 saturated heterocycles. The van der Waals surface area contributed by atoms with Gasteiger partial charge >= 0.3 is 6.18 Å². The molecule has 2 N–H and O–H groups in total. The fraction of sp³-hybridized carbons (Fsp3) is 0.667. The maximum Gasteiger partial charge on any atom is 0.400 e. The summed E-state index contributed by atoms with van der Waals surface area (Å²) in [6.07, 6.45) is -1.60. The minimum atomic E-state index is -4.58. The number of amides is 1. The van der Waals surface area contributed by atoms with Crippen molar-refractivity contribution in [3.8, 4) is 0 Å². The van der Waals surface area contributed by atoms with Crippen LogP contribution in [0.5, 0.6) is 0 Å². The summed E-state index contributed by atoms with van der Waals surface area (Å²) < 4.78 is 66.3. The number of hydrogen-bond acceptors (Lipinski definition) is 3. The van der Waals surface area contributed by atoms with Crippen LogP contribution in [0.4, 0.5) is 27.6 Å². The van der Waals surface area contributed by atoms with Crippen LogP contribution < -0.4 is 10.6 Å². The number of alkyl halides is 3. The Morgan fingerprint density at radius 2 is 1.70 bits per heavy atom. The van der Waals surface area contributed by atoms with E-state index in [-0.39, 0.29) is 0 Å². The number of primary amides is 1. The summed E-state index contributed by atoms with van der Waals surface area (Å²) in [5.74, 6) is -4.85. The summed E-state index contributed by atoms with van der Waals surface area (Å²) in [5, 5.41) is 0. The van der Waals surface area contributed by atoms with Crippen molar-refractivity contribution < 1.29 is 26.7 Å². The normalized spacial score (nSPS) is 24.6. The molecule has 1 aliphatic heterocycles. The van der Waals surface area contributed by atoms with Crippen molar-refractivity contribution in [3.63, 3.8) is 0 Å². The molecule has 4 nitrogen and oxygen atoms in total. The molecule has 1 amide bonds. The van der Waals surface area contributed by atoms with Crippen LogP contribution >= 0.6 is 0 Å². The van der Waals surface area contributed by atoms with Crippen molar-refractivity contribution in [3.05, 3.63) is 29.8 Å². The van der Waals surface area contributed by atoms with Gasteiger partial charge in [-0.1, -0.05) is 12.8 Å². The third-order valence-electron chi connectivity index (χ3n) is 6.50. The van der Waals surface area contributed by atoms with Crippen molar-refractivity contribution >= 4 is 11.6 Å². The molecule has 0 aromatic heterocycles. The number of carbonyl (C=O) groups is 1. The standard InChI is InChI=1S/C21H28F5N3O/c22-16-5-6-18(17(23)13-16)29-11-9-28(10-12-29)8-7-14-1-3-15(4-2-14)19(20(27)30)21(24,25)26/h5-6,13-15,19H,1-4,7-12H2,(H2,27,30). The second kappa shape index (κ2) is 9.49. The first-order chi connectivity index (χ1) is 14.1. The average molecular weight is 433 g/mol. The zero-order valence-electron chi connectivity index (χ0n) is 16.8. The van der Waals surface area contributed by atoms with E-state index < -0.39 is 35.6 Å². The number of anilines is 1. The molecule has 1 saturated carbocycles. The van der Waals surface area contributed by atoms with E-state index in [2.05, 4.69) is 4.90 Å². The van der Waals surface area contributed by atoms with Crippen LogP contribution in [0.25, 0.3) is 0 Å². The van der Waals surface area contributed by atoms with Crippen molar-refractivity contribution in [2.75, 3.05) is 37.6 Å². The number of rotatable bonds is 6. The van der Waals surface area contributed by atoms with Crippen LogP contribution in [0, 0.1) is 29.4 Å². The van der Waals surface area contributed by atoms with Gasteiger partial charge in [0.1, 0.15) is 17.6 Å². The third kappa shape index (κ3) is 5.62. The van der Waals surface area contributed by atoms with E-state index in [1.165, 1.54) is 12.1 Å². The van der Waals surface area contributed by atoms with Crippen LogP contribution in [0.3, 0.4) is 0 Å². The van der Waals surface area contributed by atoms with Crippen LogP contribution in [0.2, 0.25) is 0 Å². The van der Waals surface area contributed by atoms with Gasteiger partial charge in [0.15, 0.2) is 0 Å². The number of nitrogens with two attached hydrogens (primary N) is 1. The van der Waals surface area contributed by atoms with Crippen molar-refractivity contribution in [1.82, 2.24) is 4.90 Å². The lowest BCUT2D eigenvalue weighted by molar-refractivity contribution is -0.194. The summed E-state index contributed by atoms with van der Waals surface area (Å²) in [4.78, 5) is 15.4. The molecule has 1 unspecified atom stereocenters. The number of nitrogens with zero attached hydrogens (tertiary/aromatic N) is 2. The Balaban J connectivity index is 1.41. The van der Waals surface area contributed by atoms with Gasteiger partial charge in [-0.05, 0) is 49.8 Å². The Morgan fingerprint density at radius 3 is 2.23 bits per heavy atom. The highest BCUT2D eigenvalue weighted by atomic mass is 19.4. The molecule has 168 valence electrons. The maximum absolute atomic E-state index is 13.9. The lowest BCUT2D eigenvalue weighted by atomic mass is 9.74. The first-order valence-electron chi connectivity index (χ1n) is 10.4. The van der Waals surface area contributed by atoms with E-state index in [9.17, 15) is 26.7 Å². The van der Waals surface area contributed by atoms with Crippen LogP contribution in [-0.2, 0) is 4.79 Å². The highest BCUT2D eigenvalue weighted by Crippen LogP contribution is 2.41. The Bertz CT molecular complexity index is 726. The molecule has 2 aliphatic rings. The predicted molar refractivity (Wildman–Crippen MR) is 104 cm³/mol. The van der Waals surface area contributed by atoms with Gasteiger partial charge in [-0.25, -0.2) is 8.78 Å². The lowest BCUT2D eigenvalue weighted by Gasteiger charge is -2.38. The molecule has 0 spiro atoms. The van der Waals surface area contributed by atoms with E-state index in [0.29, 0.717) is 50.4 Å². The first kappa shape index (κ1) is 22.8. The number of carbonyl (C=O) groups excluding carboxylic acids is 1.